The Morgan fingerprint density at radius 1 is 1.19 bits per heavy atom. The van der Waals surface area contributed by atoms with Gasteiger partial charge in [-0.1, -0.05) is 0 Å². The maximum atomic E-state index is 12.4. The summed E-state index contributed by atoms with van der Waals surface area (Å²) in [7, 11) is 0. The van der Waals surface area contributed by atoms with E-state index in [9.17, 15) is 4.79 Å². The molecule has 21 heavy (non-hydrogen) atoms. The van der Waals surface area contributed by atoms with Crippen LogP contribution in [0.4, 0.5) is 0 Å². The second-order valence-electron chi connectivity index (χ2n) is 7.34. The number of hydrogen-bond acceptors (Lipinski definition) is 2. The van der Waals surface area contributed by atoms with E-state index < -0.39 is 0 Å². The topological polar surface area (TPSA) is 29.1 Å². The van der Waals surface area contributed by atoms with E-state index in [4.69, 9.17) is 0 Å². The summed E-state index contributed by atoms with van der Waals surface area (Å²) in [5, 5.41) is 3.23. The van der Waals surface area contributed by atoms with Gasteiger partial charge in [-0.25, -0.2) is 0 Å². The van der Waals surface area contributed by atoms with Crippen LogP contribution in [0.2, 0.25) is 0 Å². The number of rotatable bonds is 3. The Bertz CT molecular complexity index is 548. The Morgan fingerprint density at radius 3 is 2.24 bits per heavy atom. The Morgan fingerprint density at radius 2 is 1.76 bits per heavy atom. The smallest absolute Gasteiger partial charge is 0.253 e. The summed E-state index contributed by atoms with van der Waals surface area (Å²) in [6, 6.07) is 1.91. The van der Waals surface area contributed by atoms with Gasteiger partial charge in [-0.05, 0) is 99.6 Å². The number of carbonyl (C=O) groups is 1. The molecule has 0 spiro atoms. The van der Waals surface area contributed by atoms with Crippen LogP contribution in [-0.2, 0) is 0 Å². The fraction of sp³-hybridized carbons (Fsp3) is 0.688. The zero-order valence-electron chi connectivity index (χ0n) is 11.8. The van der Waals surface area contributed by atoms with Crippen molar-refractivity contribution in [1.29, 1.82) is 0 Å². The van der Waals surface area contributed by atoms with Gasteiger partial charge in [0, 0.05) is 6.54 Å². The van der Waals surface area contributed by atoms with Crippen LogP contribution in [0.15, 0.2) is 13.6 Å². The van der Waals surface area contributed by atoms with Crippen molar-refractivity contribution in [3.05, 3.63) is 19.2 Å². The third-order valence-electron chi connectivity index (χ3n) is 5.69. The standard InChI is InChI=1S/C16H19Br2NOS/c17-13-4-12(14(18)21-13)15(20)19-8-16-5-9-1-10(6-16)3-11(2-9)7-16/h4,9-11H,1-3,5-8H2,(H,19,20). The van der Waals surface area contributed by atoms with Crippen molar-refractivity contribution in [3.63, 3.8) is 0 Å². The maximum absolute atomic E-state index is 12.4. The SMILES string of the molecule is O=C(NCC12CC3CC(CC(C3)C1)C2)c1cc(Br)sc1Br. The molecule has 4 fully saturated rings. The van der Waals surface area contributed by atoms with Gasteiger partial charge >= 0.3 is 0 Å². The molecule has 0 radical (unpaired) electrons. The van der Waals surface area contributed by atoms with E-state index in [2.05, 4.69) is 37.2 Å². The molecule has 0 aliphatic heterocycles. The Labute approximate surface area is 146 Å². The molecule has 4 aliphatic carbocycles. The molecule has 0 aromatic carbocycles. The van der Waals surface area contributed by atoms with Crippen molar-refractivity contribution < 1.29 is 4.79 Å². The van der Waals surface area contributed by atoms with Gasteiger partial charge in [0.25, 0.3) is 5.91 Å². The van der Waals surface area contributed by atoms with E-state index >= 15 is 0 Å². The molecule has 0 atom stereocenters. The summed E-state index contributed by atoms with van der Waals surface area (Å²) < 4.78 is 1.91. The van der Waals surface area contributed by atoms with Crippen molar-refractivity contribution in [2.75, 3.05) is 6.54 Å². The van der Waals surface area contributed by atoms with Gasteiger partial charge in [-0.3, -0.25) is 4.79 Å². The van der Waals surface area contributed by atoms with E-state index in [1.54, 1.807) is 11.3 Å². The zero-order chi connectivity index (χ0) is 14.6. The summed E-state index contributed by atoms with van der Waals surface area (Å²) >= 11 is 8.48. The monoisotopic (exact) mass is 431 g/mol. The molecule has 1 heterocycles. The fourth-order valence-corrected chi connectivity index (χ4v) is 8.16. The molecule has 1 aromatic rings. The lowest BCUT2D eigenvalue weighted by atomic mass is 9.49. The summed E-state index contributed by atoms with van der Waals surface area (Å²) in [5.74, 6) is 2.89. The Kier molecular flexibility index (Phi) is 3.74. The van der Waals surface area contributed by atoms with Crippen LogP contribution in [-0.4, -0.2) is 12.5 Å². The zero-order valence-corrected chi connectivity index (χ0v) is 15.8. The minimum Gasteiger partial charge on any atom is -0.351 e. The lowest BCUT2D eigenvalue weighted by Crippen LogP contribution is -2.51. The number of halogens is 2. The number of carbonyl (C=O) groups excluding carboxylic acids is 1. The van der Waals surface area contributed by atoms with Gasteiger partial charge in [0.1, 0.15) is 0 Å². The van der Waals surface area contributed by atoms with Crippen LogP contribution >= 0.6 is 43.2 Å². The van der Waals surface area contributed by atoms with Crippen molar-refractivity contribution in [3.8, 4) is 0 Å². The molecule has 1 aromatic heterocycles. The van der Waals surface area contributed by atoms with E-state index in [1.165, 1.54) is 38.5 Å². The fourth-order valence-electron chi connectivity index (χ4n) is 5.36. The largest absolute Gasteiger partial charge is 0.351 e. The van der Waals surface area contributed by atoms with E-state index in [-0.39, 0.29) is 5.91 Å². The molecule has 4 aliphatic rings. The lowest BCUT2D eigenvalue weighted by molar-refractivity contribution is -0.0503. The molecule has 2 nitrogen and oxygen atoms in total. The predicted octanol–water partition coefficient (Wildman–Crippen LogP) is 5.22. The molecule has 0 saturated heterocycles. The van der Waals surface area contributed by atoms with Crippen LogP contribution in [0.5, 0.6) is 0 Å². The van der Waals surface area contributed by atoms with Gasteiger partial charge in [0.2, 0.25) is 0 Å². The summed E-state index contributed by atoms with van der Waals surface area (Å²) in [6.07, 6.45) is 8.39. The summed E-state index contributed by atoms with van der Waals surface area (Å²) in [5.41, 5.74) is 1.17. The van der Waals surface area contributed by atoms with Gasteiger partial charge in [0.05, 0.1) is 13.1 Å². The van der Waals surface area contributed by atoms with Crippen LogP contribution in [0.25, 0.3) is 0 Å². The molecule has 1 amide bonds. The molecule has 5 heteroatoms. The van der Waals surface area contributed by atoms with Crippen LogP contribution < -0.4 is 5.32 Å². The summed E-state index contributed by atoms with van der Waals surface area (Å²) in [4.78, 5) is 12.4. The Hall–Kier alpha value is 0.130. The third kappa shape index (κ3) is 2.74. The van der Waals surface area contributed by atoms with Gasteiger partial charge in [0.15, 0.2) is 0 Å². The highest BCUT2D eigenvalue weighted by molar-refractivity contribution is 9.12. The highest BCUT2D eigenvalue weighted by atomic mass is 79.9. The first-order chi connectivity index (χ1) is 10.0. The molecule has 0 unspecified atom stereocenters. The van der Waals surface area contributed by atoms with Crippen LogP contribution in [0, 0.1) is 23.2 Å². The van der Waals surface area contributed by atoms with Crippen molar-refractivity contribution >= 4 is 49.1 Å². The van der Waals surface area contributed by atoms with Crippen LogP contribution in [0.3, 0.4) is 0 Å². The highest BCUT2D eigenvalue weighted by Gasteiger charge is 2.50. The number of thiophene rings is 1. The first-order valence-corrected chi connectivity index (χ1v) is 10.2. The second kappa shape index (κ2) is 5.34. The first kappa shape index (κ1) is 14.7. The highest BCUT2D eigenvalue weighted by Crippen LogP contribution is 2.59. The van der Waals surface area contributed by atoms with E-state index in [0.29, 0.717) is 5.41 Å². The lowest BCUT2D eigenvalue weighted by Gasteiger charge is -2.56. The number of hydrogen-bond donors (Lipinski definition) is 1. The van der Waals surface area contributed by atoms with E-state index in [0.717, 1.165) is 37.4 Å². The minimum atomic E-state index is 0.0690. The molecule has 5 rings (SSSR count). The molecule has 4 bridgehead atoms. The van der Waals surface area contributed by atoms with E-state index in [1.807, 2.05) is 6.07 Å². The quantitative estimate of drug-likeness (QED) is 0.696. The molecule has 1 N–H and O–H groups in total. The predicted molar refractivity (Wildman–Crippen MR) is 92.7 cm³/mol. The van der Waals surface area contributed by atoms with Gasteiger partial charge in [-0.2, -0.15) is 0 Å². The second-order valence-corrected chi connectivity index (χ2v) is 11.1. The average molecular weight is 433 g/mol. The maximum Gasteiger partial charge on any atom is 0.253 e. The minimum absolute atomic E-state index is 0.0690. The molecule has 4 saturated carbocycles. The average Bonchev–Trinajstić information content (AvgIpc) is 2.74. The molecular formula is C16H19Br2NOS. The summed E-state index contributed by atoms with van der Waals surface area (Å²) in [6.45, 7) is 0.870. The normalized spacial score (nSPS) is 37.0. The number of nitrogens with one attached hydrogen (secondary N) is 1. The van der Waals surface area contributed by atoms with Crippen molar-refractivity contribution in [2.45, 2.75) is 38.5 Å². The Balaban J connectivity index is 1.45. The van der Waals surface area contributed by atoms with Gasteiger partial charge in [-0.15, -0.1) is 11.3 Å². The molecule has 114 valence electrons. The molecular weight excluding hydrogens is 414 g/mol. The van der Waals surface area contributed by atoms with Crippen LogP contribution in [0.1, 0.15) is 48.9 Å². The first-order valence-electron chi connectivity index (χ1n) is 7.76. The third-order valence-corrected chi connectivity index (χ3v) is 8.03. The van der Waals surface area contributed by atoms with Crippen molar-refractivity contribution in [2.24, 2.45) is 23.2 Å². The number of amides is 1. The van der Waals surface area contributed by atoms with Gasteiger partial charge < -0.3 is 5.32 Å². The van der Waals surface area contributed by atoms with Crippen molar-refractivity contribution in [1.82, 2.24) is 5.32 Å².